The van der Waals surface area contributed by atoms with Gasteiger partial charge in [-0.15, -0.1) is 0 Å². The van der Waals surface area contributed by atoms with Gasteiger partial charge in [-0.2, -0.15) is 4.39 Å². The van der Waals surface area contributed by atoms with Gasteiger partial charge in [-0.25, -0.2) is 4.39 Å². The summed E-state index contributed by atoms with van der Waals surface area (Å²) in [7, 11) is 0. The van der Waals surface area contributed by atoms with Crippen molar-refractivity contribution in [3.8, 4) is 5.75 Å². The van der Waals surface area contributed by atoms with Gasteiger partial charge in [-0.05, 0) is 119 Å². The van der Waals surface area contributed by atoms with Crippen molar-refractivity contribution in [3.05, 3.63) is 53.6 Å². The summed E-state index contributed by atoms with van der Waals surface area (Å²) in [5, 5.41) is 0. The Morgan fingerprint density at radius 2 is 1.47 bits per heavy atom. The molecule has 2 fully saturated rings. The van der Waals surface area contributed by atoms with E-state index >= 15 is 0 Å². The molecule has 0 aliphatic heterocycles. The molecule has 0 N–H and O–H groups in total. The van der Waals surface area contributed by atoms with Gasteiger partial charge in [0, 0.05) is 5.92 Å². The third-order valence-electron chi connectivity index (χ3n) is 8.55. The first-order valence-corrected chi connectivity index (χ1v) is 13.0. The number of rotatable bonds is 6. The van der Waals surface area contributed by atoms with E-state index < -0.39 is 11.6 Å². The quantitative estimate of drug-likeness (QED) is 0.401. The molecular formula is C29H40F2O. The first-order valence-electron chi connectivity index (χ1n) is 13.0. The second-order valence-corrected chi connectivity index (χ2v) is 10.3. The van der Waals surface area contributed by atoms with Crippen LogP contribution in [0.5, 0.6) is 5.75 Å². The van der Waals surface area contributed by atoms with Crippen LogP contribution in [0.3, 0.4) is 0 Å². The van der Waals surface area contributed by atoms with Gasteiger partial charge in [0.1, 0.15) is 0 Å². The molecule has 1 aromatic carbocycles. The van der Waals surface area contributed by atoms with Crippen LogP contribution in [0.4, 0.5) is 8.78 Å². The second-order valence-electron chi connectivity index (χ2n) is 10.3. The molecule has 0 radical (unpaired) electrons. The molecule has 1 nitrogen and oxygen atoms in total. The SMILES string of the molecule is C/C=C/C1CCC(C2CCC(C3C=CC(c4ccc(OCC)c(F)c4F)CC3)CC2)CC1. The maximum atomic E-state index is 14.6. The van der Waals surface area contributed by atoms with E-state index in [0.29, 0.717) is 18.1 Å². The minimum absolute atomic E-state index is 0.0125. The van der Waals surface area contributed by atoms with Crippen LogP contribution in [0.1, 0.15) is 89.5 Å². The molecule has 32 heavy (non-hydrogen) atoms. The molecule has 3 heteroatoms. The van der Waals surface area contributed by atoms with Crippen molar-refractivity contribution in [1.29, 1.82) is 0 Å². The van der Waals surface area contributed by atoms with Gasteiger partial charge < -0.3 is 4.74 Å². The number of hydrogen-bond donors (Lipinski definition) is 0. The summed E-state index contributed by atoms with van der Waals surface area (Å²) in [4.78, 5) is 0. The molecule has 2 atom stereocenters. The molecule has 0 bridgehead atoms. The molecule has 2 saturated carbocycles. The van der Waals surface area contributed by atoms with Crippen LogP contribution in [0.2, 0.25) is 0 Å². The zero-order valence-electron chi connectivity index (χ0n) is 19.9. The Balaban J connectivity index is 1.29. The zero-order valence-corrected chi connectivity index (χ0v) is 19.9. The van der Waals surface area contributed by atoms with Crippen molar-refractivity contribution >= 4 is 0 Å². The third kappa shape index (κ3) is 5.29. The fourth-order valence-corrected chi connectivity index (χ4v) is 6.72. The van der Waals surface area contributed by atoms with Gasteiger partial charge in [-0.1, -0.05) is 30.4 Å². The Morgan fingerprint density at radius 3 is 2.06 bits per heavy atom. The average Bonchev–Trinajstić information content (AvgIpc) is 2.83. The van der Waals surface area contributed by atoms with E-state index in [1.165, 1.54) is 51.4 Å². The van der Waals surface area contributed by atoms with Gasteiger partial charge in [0.05, 0.1) is 6.61 Å². The normalized spacial score (nSPS) is 33.5. The van der Waals surface area contributed by atoms with E-state index in [4.69, 9.17) is 4.74 Å². The third-order valence-corrected chi connectivity index (χ3v) is 8.55. The smallest absolute Gasteiger partial charge is 0.200 e. The minimum atomic E-state index is -0.849. The van der Waals surface area contributed by atoms with Gasteiger partial charge in [0.25, 0.3) is 0 Å². The molecule has 1 aromatic rings. The fourth-order valence-electron chi connectivity index (χ4n) is 6.72. The molecule has 0 saturated heterocycles. The lowest BCUT2D eigenvalue weighted by atomic mass is 9.66. The first kappa shape index (κ1) is 23.5. The van der Waals surface area contributed by atoms with Crippen LogP contribution in [0, 0.1) is 41.2 Å². The lowest BCUT2D eigenvalue weighted by Crippen LogP contribution is -2.28. The van der Waals surface area contributed by atoms with E-state index in [1.807, 2.05) is 0 Å². The Labute approximate surface area is 193 Å². The molecule has 0 spiro atoms. The van der Waals surface area contributed by atoms with Gasteiger partial charge in [0.2, 0.25) is 5.82 Å². The van der Waals surface area contributed by atoms with Crippen LogP contribution in [-0.2, 0) is 0 Å². The molecular weight excluding hydrogens is 402 g/mol. The van der Waals surface area contributed by atoms with Crippen molar-refractivity contribution in [2.75, 3.05) is 6.61 Å². The second kappa shape index (κ2) is 11.0. The molecule has 3 aliphatic carbocycles. The summed E-state index contributed by atoms with van der Waals surface area (Å²) in [5.74, 6) is 2.46. The lowest BCUT2D eigenvalue weighted by molar-refractivity contribution is 0.137. The highest BCUT2D eigenvalue weighted by Crippen LogP contribution is 2.45. The number of benzene rings is 1. The highest BCUT2D eigenvalue weighted by Gasteiger charge is 2.33. The van der Waals surface area contributed by atoms with E-state index in [9.17, 15) is 8.78 Å². The lowest BCUT2D eigenvalue weighted by Gasteiger charge is -2.40. The van der Waals surface area contributed by atoms with Gasteiger partial charge >= 0.3 is 0 Å². The zero-order chi connectivity index (χ0) is 22.5. The van der Waals surface area contributed by atoms with Crippen molar-refractivity contribution in [2.24, 2.45) is 29.6 Å². The number of halogens is 2. The van der Waals surface area contributed by atoms with Crippen LogP contribution in [0.25, 0.3) is 0 Å². The summed E-state index contributed by atoms with van der Waals surface area (Å²) in [6.07, 6.45) is 22.1. The predicted molar refractivity (Wildman–Crippen MR) is 128 cm³/mol. The molecule has 4 rings (SSSR count). The van der Waals surface area contributed by atoms with Crippen molar-refractivity contribution in [2.45, 2.75) is 84.0 Å². The van der Waals surface area contributed by atoms with E-state index in [0.717, 1.165) is 36.5 Å². The van der Waals surface area contributed by atoms with E-state index in [-0.39, 0.29) is 11.7 Å². The van der Waals surface area contributed by atoms with E-state index in [1.54, 1.807) is 19.1 Å². The molecule has 2 unspecified atom stereocenters. The fraction of sp³-hybridized carbons (Fsp3) is 0.655. The molecule has 176 valence electrons. The average molecular weight is 443 g/mol. The largest absolute Gasteiger partial charge is 0.491 e. The number of ether oxygens (including phenoxy) is 1. The van der Waals surface area contributed by atoms with Crippen LogP contribution >= 0.6 is 0 Å². The van der Waals surface area contributed by atoms with Crippen molar-refractivity contribution in [1.82, 2.24) is 0 Å². The van der Waals surface area contributed by atoms with Crippen LogP contribution < -0.4 is 4.74 Å². The maximum absolute atomic E-state index is 14.6. The highest BCUT2D eigenvalue weighted by atomic mass is 19.2. The summed E-state index contributed by atoms with van der Waals surface area (Å²) >= 11 is 0. The molecule has 3 aliphatic rings. The Bertz CT molecular complexity index is 798. The number of allylic oxidation sites excluding steroid dienone is 4. The van der Waals surface area contributed by atoms with Crippen molar-refractivity contribution < 1.29 is 13.5 Å². The van der Waals surface area contributed by atoms with Gasteiger partial charge in [0.15, 0.2) is 11.6 Å². The van der Waals surface area contributed by atoms with Gasteiger partial charge in [-0.3, -0.25) is 0 Å². The summed E-state index contributed by atoms with van der Waals surface area (Å²) in [5.41, 5.74) is 0.470. The standard InChI is InChI=1S/C29H40F2O/c1-3-5-20-6-8-21(9-7-20)22-10-12-23(13-11-22)24-14-16-25(17-15-24)26-18-19-27(32-4-2)29(31)28(26)30/h3,5,14,16,18-25H,4,6-13,15,17H2,1-2H3/b5-3+. The Hall–Kier alpha value is -1.64. The van der Waals surface area contributed by atoms with Crippen LogP contribution in [0.15, 0.2) is 36.4 Å². The van der Waals surface area contributed by atoms with E-state index in [2.05, 4.69) is 31.2 Å². The van der Waals surface area contributed by atoms with Crippen LogP contribution in [-0.4, -0.2) is 6.61 Å². The molecule has 0 heterocycles. The minimum Gasteiger partial charge on any atom is -0.491 e. The Morgan fingerprint density at radius 1 is 0.812 bits per heavy atom. The number of hydrogen-bond acceptors (Lipinski definition) is 1. The molecule has 0 aromatic heterocycles. The first-order chi connectivity index (χ1) is 15.6. The summed E-state index contributed by atoms with van der Waals surface area (Å²) in [6.45, 7) is 4.25. The topological polar surface area (TPSA) is 9.23 Å². The maximum Gasteiger partial charge on any atom is 0.200 e. The monoisotopic (exact) mass is 442 g/mol. The molecule has 0 amide bonds. The van der Waals surface area contributed by atoms with Crippen molar-refractivity contribution in [3.63, 3.8) is 0 Å². The Kier molecular flexibility index (Phi) is 8.07. The predicted octanol–water partition coefficient (Wildman–Crippen LogP) is 8.60. The summed E-state index contributed by atoms with van der Waals surface area (Å²) < 4.78 is 34.1. The highest BCUT2D eigenvalue weighted by molar-refractivity contribution is 5.35. The summed E-state index contributed by atoms with van der Waals surface area (Å²) in [6, 6.07) is 3.28.